The van der Waals surface area contributed by atoms with Crippen LogP contribution in [0.3, 0.4) is 0 Å². The number of carboxylic acid groups (broad SMARTS) is 1. The van der Waals surface area contributed by atoms with Crippen molar-refractivity contribution in [2.75, 3.05) is 5.75 Å². The van der Waals surface area contributed by atoms with Crippen LogP contribution in [0.4, 0.5) is 0 Å². The second-order valence-electron chi connectivity index (χ2n) is 3.54. The van der Waals surface area contributed by atoms with E-state index in [1.165, 1.54) is 0 Å². The molecule has 1 heterocycles. The van der Waals surface area contributed by atoms with Crippen molar-refractivity contribution in [2.45, 2.75) is 12.2 Å². The Morgan fingerprint density at radius 2 is 2.35 bits per heavy atom. The van der Waals surface area contributed by atoms with Gasteiger partial charge in [0, 0.05) is 10.8 Å². The highest BCUT2D eigenvalue weighted by atomic mass is 35.5. The predicted molar refractivity (Wildman–Crippen MR) is 69.5 cm³/mol. The van der Waals surface area contributed by atoms with Gasteiger partial charge in [-0.25, -0.2) is 4.98 Å². The Labute approximate surface area is 107 Å². The summed E-state index contributed by atoms with van der Waals surface area (Å²) in [5.41, 5.74) is 1.79. The number of imidazole rings is 1. The van der Waals surface area contributed by atoms with Crippen molar-refractivity contribution in [1.29, 1.82) is 0 Å². The molecule has 1 aromatic carbocycles. The Morgan fingerprint density at radius 1 is 1.53 bits per heavy atom. The number of aromatic nitrogens is 2. The fourth-order valence-corrected chi connectivity index (χ4v) is 2.40. The number of thioether (sulfide) groups is 1. The summed E-state index contributed by atoms with van der Waals surface area (Å²) in [6.45, 7) is 0. The van der Waals surface area contributed by atoms with Gasteiger partial charge in [-0.3, -0.25) is 4.79 Å². The number of hydrogen-bond acceptors (Lipinski definition) is 3. The molecule has 4 nitrogen and oxygen atoms in total. The molecule has 17 heavy (non-hydrogen) atoms. The minimum absolute atomic E-state index is 0.177. The molecule has 0 radical (unpaired) electrons. The number of rotatable bonds is 5. The minimum atomic E-state index is -0.770. The van der Waals surface area contributed by atoms with Crippen molar-refractivity contribution in [2.24, 2.45) is 0 Å². The smallest absolute Gasteiger partial charge is 0.304 e. The van der Waals surface area contributed by atoms with E-state index in [0.717, 1.165) is 16.9 Å². The van der Waals surface area contributed by atoms with E-state index in [9.17, 15) is 4.79 Å². The Balaban J connectivity index is 1.97. The summed E-state index contributed by atoms with van der Waals surface area (Å²) >= 11 is 7.42. The number of halogens is 1. The van der Waals surface area contributed by atoms with Crippen LogP contribution in [0, 0.1) is 0 Å². The fraction of sp³-hybridized carbons (Fsp3) is 0.273. The molecule has 0 aliphatic heterocycles. The van der Waals surface area contributed by atoms with Crippen LogP contribution >= 0.6 is 23.4 Å². The van der Waals surface area contributed by atoms with Crippen LogP contribution in [0.15, 0.2) is 18.2 Å². The van der Waals surface area contributed by atoms with Gasteiger partial charge >= 0.3 is 5.97 Å². The van der Waals surface area contributed by atoms with Gasteiger partial charge in [0.25, 0.3) is 0 Å². The molecule has 0 amide bonds. The lowest BCUT2D eigenvalue weighted by Gasteiger charge is -1.95. The summed E-state index contributed by atoms with van der Waals surface area (Å²) in [6, 6.07) is 5.49. The molecular weight excluding hydrogens is 260 g/mol. The van der Waals surface area contributed by atoms with Crippen molar-refractivity contribution >= 4 is 40.4 Å². The van der Waals surface area contributed by atoms with Gasteiger partial charge in [0.2, 0.25) is 0 Å². The fourth-order valence-electron chi connectivity index (χ4n) is 1.43. The van der Waals surface area contributed by atoms with Crippen LogP contribution in [0.5, 0.6) is 0 Å². The number of fused-ring (bicyclic) bond motifs is 1. The van der Waals surface area contributed by atoms with E-state index >= 15 is 0 Å². The van der Waals surface area contributed by atoms with Gasteiger partial charge in [0.15, 0.2) is 0 Å². The summed E-state index contributed by atoms with van der Waals surface area (Å²) < 4.78 is 0. The quantitative estimate of drug-likeness (QED) is 0.820. The average molecular weight is 271 g/mol. The SMILES string of the molecule is O=C(O)CCSCc1nc2ccc(Cl)cc2[nH]1. The van der Waals surface area contributed by atoms with Gasteiger partial charge in [0.05, 0.1) is 23.2 Å². The molecule has 2 N–H and O–H groups in total. The Bertz CT molecular complexity index is 541. The van der Waals surface area contributed by atoms with Crippen LogP contribution in [0.25, 0.3) is 11.0 Å². The highest BCUT2D eigenvalue weighted by Gasteiger charge is 2.04. The third kappa shape index (κ3) is 3.38. The lowest BCUT2D eigenvalue weighted by molar-refractivity contribution is -0.136. The molecule has 0 spiro atoms. The van der Waals surface area contributed by atoms with Crippen LogP contribution in [0.2, 0.25) is 5.02 Å². The monoisotopic (exact) mass is 270 g/mol. The van der Waals surface area contributed by atoms with Crippen molar-refractivity contribution in [3.8, 4) is 0 Å². The van der Waals surface area contributed by atoms with Crippen molar-refractivity contribution < 1.29 is 9.90 Å². The topological polar surface area (TPSA) is 66.0 Å². The van der Waals surface area contributed by atoms with E-state index in [0.29, 0.717) is 16.5 Å². The summed E-state index contributed by atoms with van der Waals surface area (Å²) in [5.74, 6) is 1.35. The first kappa shape index (κ1) is 12.3. The van der Waals surface area contributed by atoms with Gasteiger partial charge in [0.1, 0.15) is 5.82 Å². The zero-order chi connectivity index (χ0) is 12.3. The number of carboxylic acids is 1. The number of nitrogens with one attached hydrogen (secondary N) is 1. The summed E-state index contributed by atoms with van der Waals surface area (Å²) in [4.78, 5) is 17.9. The molecule has 0 aliphatic rings. The molecule has 2 rings (SSSR count). The molecule has 0 bridgehead atoms. The third-order valence-corrected chi connectivity index (χ3v) is 3.40. The normalized spacial score (nSPS) is 10.9. The second-order valence-corrected chi connectivity index (χ2v) is 5.08. The maximum absolute atomic E-state index is 10.3. The minimum Gasteiger partial charge on any atom is -0.481 e. The van der Waals surface area contributed by atoms with E-state index in [2.05, 4.69) is 9.97 Å². The first-order valence-corrected chi connectivity index (χ1v) is 6.62. The molecule has 90 valence electrons. The second kappa shape index (κ2) is 5.42. The van der Waals surface area contributed by atoms with Gasteiger partial charge in [-0.15, -0.1) is 0 Å². The molecule has 6 heteroatoms. The van der Waals surface area contributed by atoms with Gasteiger partial charge in [-0.2, -0.15) is 11.8 Å². The summed E-state index contributed by atoms with van der Waals surface area (Å²) in [5, 5.41) is 9.18. The molecular formula is C11H11ClN2O2S. The van der Waals surface area contributed by atoms with E-state index in [4.69, 9.17) is 16.7 Å². The van der Waals surface area contributed by atoms with Crippen LogP contribution in [0.1, 0.15) is 12.2 Å². The molecule has 0 fully saturated rings. The predicted octanol–water partition coefficient (Wildman–Crippen LogP) is 2.92. The average Bonchev–Trinajstić information content (AvgIpc) is 2.66. The molecule has 2 aromatic rings. The lowest BCUT2D eigenvalue weighted by Crippen LogP contribution is -1.96. The standard InChI is InChI=1S/C11H11ClN2O2S/c12-7-1-2-8-9(5-7)14-10(13-8)6-17-4-3-11(15)16/h1-2,5H,3-4,6H2,(H,13,14)(H,15,16). The summed E-state index contributed by atoms with van der Waals surface area (Å²) in [7, 11) is 0. The Hall–Kier alpha value is -1.20. The molecule has 0 atom stereocenters. The highest BCUT2D eigenvalue weighted by Crippen LogP contribution is 2.19. The van der Waals surface area contributed by atoms with Crippen molar-refractivity contribution in [3.63, 3.8) is 0 Å². The maximum atomic E-state index is 10.3. The number of aliphatic carboxylic acids is 1. The number of H-pyrrole nitrogens is 1. The number of nitrogens with zero attached hydrogens (tertiary/aromatic N) is 1. The summed E-state index contributed by atoms with van der Waals surface area (Å²) in [6.07, 6.45) is 0.177. The van der Waals surface area contributed by atoms with Gasteiger partial charge in [-0.05, 0) is 18.2 Å². The van der Waals surface area contributed by atoms with Crippen LogP contribution in [-0.2, 0) is 10.5 Å². The first-order chi connectivity index (χ1) is 8.15. The lowest BCUT2D eigenvalue weighted by atomic mass is 10.3. The van der Waals surface area contributed by atoms with Crippen LogP contribution in [-0.4, -0.2) is 26.8 Å². The Kier molecular flexibility index (Phi) is 3.91. The van der Waals surface area contributed by atoms with E-state index in [-0.39, 0.29) is 6.42 Å². The number of aromatic amines is 1. The third-order valence-electron chi connectivity index (χ3n) is 2.19. The number of hydrogen-bond donors (Lipinski definition) is 2. The number of benzene rings is 1. The van der Waals surface area contributed by atoms with Crippen LogP contribution < -0.4 is 0 Å². The van der Waals surface area contributed by atoms with Gasteiger partial charge < -0.3 is 10.1 Å². The molecule has 0 saturated heterocycles. The zero-order valence-corrected chi connectivity index (χ0v) is 10.5. The number of carbonyl (C=O) groups is 1. The highest BCUT2D eigenvalue weighted by molar-refractivity contribution is 7.98. The molecule has 0 saturated carbocycles. The van der Waals surface area contributed by atoms with E-state index < -0.39 is 5.97 Å². The Morgan fingerprint density at radius 3 is 3.12 bits per heavy atom. The van der Waals surface area contributed by atoms with Crippen molar-refractivity contribution in [3.05, 3.63) is 29.0 Å². The van der Waals surface area contributed by atoms with E-state index in [1.54, 1.807) is 17.8 Å². The molecule has 1 aromatic heterocycles. The zero-order valence-electron chi connectivity index (χ0n) is 8.94. The van der Waals surface area contributed by atoms with Crippen molar-refractivity contribution in [1.82, 2.24) is 9.97 Å². The largest absolute Gasteiger partial charge is 0.481 e. The molecule has 0 unspecified atom stereocenters. The van der Waals surface area contributed by atoms with E-state index in [1.807, 2.05) is 12.1 Å². The molecule has 0 aliphatic carbocycles. The first-order valence-electron chi connectivity index (χ1n) is 5.09. The maximum Gasteiger partial charge on any atom is 0.304 e. The van der Waals surface area contributed by atoms with Gasteiger partial charge in [-0.1, -0.05) is 11.6 Å².